The minimum absolute atomic E-state index is 0. The van der Waals surface area contributed by atoms with E-state index in [0.29, 0.717) is 11.1 Å². The number of hydrogen-bond acceptors (Lipinski definition) is 4. The standard InChI is InChI=1S/C20H18N4O2.2ClH/c21-19(23-25)17-8-2-6-15(11-17)13-4-1-5-14(10-13)16-7-3-9-18(12-16)20(22)24-26;;/h1-12,25-26H,(H2,21,23)(H2,22,24);2*1H. The Labute approximate surface area is 175 Å². The average Bonchev–Trinajstić information content (AvgIpc) is 2.72. The van der Waals surface area contributed by atoms with E-state index in [4.69, 9.17) is 21.9 Å². The fraction of sp³-hybridized carbons (Fsp3) is 0. The third kappa shape index (κ3) is 4.94. The number of nitrogens with two attached hydrogens (primary N) is 2. The molecular formula is C20H20Cl2N4O2. The molecular weight excluding hydrogens is 399 g/mol. The largest absolute Gasteiger partial charge is 0.409 e. The van der Waals surface area contributed by atoms with E-state index < -0.39 is 0 Å². The molecule has 0 aromatic heterocycles. The summed E-state index contributed by atoms with van der Waals surface area (Å²) in [5.74, 6) is 0.129. The SMILES string of the molecule is Cl.Cl.N/C(=N\O)c1cccc(-c2cccc(-c3cccc(/C(N)=N\O)c3)c2)c1. The van der Waals surface area contributed by atoms with E-state index in [1.165, 1.54) is 0 Å². The summed E-state index contributed by atoms with van der Waals surface area (Å²) >= 11 is 0. The first-order valence-electron chi connectivity index (χ1n) is 7.89. The Morgan fingerprint density at radius 3 is 1.25 bits per heavy atom. The molecule has 0 aliphatic rings. The molecule has 146 valence electrons. The maximum Gasteiger partial charge on any atom is 0.170 e. The lowest BCUT2D eigenvalue weighted by molar-refractivity contribution is 0.318. The van der Waals surface area contributed by atoms with Crippen LogP contribution in [0.2, 0.25) is 0 Å². The number of nitrogens with zero attached hydrogens (tertiary/aromatic N) is 2. The normalized spacial score (nSPS) is 11.3. The quantitative estimate of drug-likeness (QED) is 0.221. The van der Waals surface area contributed by atoms with Gasteiger partial charge in [-0.05, 0) is 40.5 Å². The van der Waals surface area contributed by atoms with Crippen molar-refractivity contribution < 1.29 is 10.4 Å². The summed E-state index contributed by atoms with van der Waals surface area (Å²) in [6.07, 6.45) is 0. The second-order valence-corrected chi connectivity index (χ2v) is 5.71. The van der Waals surface area contributed by atoms with Gasteiger partial charge in [0, 0.05) is 11.1 Å². The number of halogens is 2. The number of amidine groups is 2. The van der Waals surface area contributed by atoms with E-state index in [2.05, 4.69) is 10.3 Å². The average molecular weight is 419 g/mol. The molecule has 0 heterocycles. The summed E-state index contributed by atoms with van der Waals surface area (Å²) in [6.45, 7) is 0. The Morgan fingerprint density at radius 1 is 0.571 bits per heavy atom. The van der Waals surface area contributed by atoms with Gasteiger partial charge < -0.3 is 21.9 Å². The fourth-order valence-electron chi connectivity index (χ4n) is 2.71. The zero-order valence-corrected chi connectivity index (χ0v) is 16.3. The number of hydrogen-bond donors (Lipinski definition) is 4. The van der Waals surface area contributed by atoms with E-state index in [0.717, 1.165) is 22.3 Å². The van der Waals surface area contributed by atoms with Gasteiger partial charge in [-0.3, -0.25) is 0 Å². The summed E-state index contributed by atoms with van der Waals surface area (Å²) in [7, 11) is 0. The Kier molecular flexibility index (Phi) is 8.31. The third-order valence-corrected chi connectivity index (χ3v) is 4.06. The topological polar surface area (TPSA) is 117 Å². The zero-order chi connectivity index (χ0) is 18.5. The molecule has 0 unspecified atom stereocenters. The van der Waals surface area contributed by atoms with Gasteiger partial charge in [0.2, 0.25) is 0 Å². The van der Waals surface area contributed by atoms with E-state index in [1.807, 2.05) is 60.7 Å². The lowest BCUT2D eigenvalue weighted by Gasteiger charge is -2.09. The molecule has 3 rings (SSSR count). The summed E-state index contributed by atoms with van der Waals surface area (Å²) < 4.78 is 0. The van der Waals surface area contributed by atoms with Crippen LogP contribution in [0.3, 0.4) is 0 Å². The predicted molar refractivity (Wildman–Crippen MR) is 117 cm³/mol. The second-order valence-electron chi connectivity index (χ2n) is 5.71. The maximum absolute atomic E-state index is 8.86. The molecule has 0 spiro atoms. The van der Waals surface area contributed by atoms with Crippen LogP contribution in [0.4, 0.5) is 0 Å². The summed E-state index contributed by atoms with van der Waals surface area (Å²) in [5.41, 5.74) is 16.5. The van der Waals surface area contributed by atoms with Crippen molar-refractivity contribution in [3.63, 3.8) is 0 Å². The Bertz CT molecular complexity index is 930. The molecule has 3 aromatic carbocycles. The van der Waals surface area contributed by atoms with Crippen LogP contribution in [0.5, 0.6) is 0 Å². The molecule has 0 aliphatic carbocycles. The molecule has 28 heavy (non-hydrogen) atoms. The molecule has 6 nitrogen and oxygen atoms in total. The van der Waals surface area contributed by atoms with E-state index in [9.17, 15) is 0 Å². The molecule has 8 heteroatoms. The lowest BCUT2D eigenvalue weighted by atomic mass is 9.97. The molecule has 0 amide bonds. The summed E-state index contributed by atoms with van der Waals surface area (Å²) in [6, 6.07) is 22.9. The minimum atomic E-state index is 0. The first-order chi connectivity index (χ1) is 12.6. The molecule has 3 aromatic rings. The molecule has 0 bridgehead atoms. The van der Waals surface area contributed by atoms with Crippen LogP contribution >= 0.6 is 24.8 Å². The van der Waals surface area contributed by atoms with E-state index >= 15 is 0 Å². The first kappa shape index (κ1) is 22.8. The molecule has 0 saturated heterocycles. The Hall–Kier alpha value is -3.22. The van der Waals surface area contributed by atoms with Crippen LogP contribution in [0.15, 0.2) is 83.1 Å². The Morgan fingerprint density at radius 2 is 0.893 bits per heavy atom. The van der Waals surface area contributed by atoms with Crippen LogP contribution in [0, 0.1) is 0 Å². The highest BCUT2D eigenvalue weighted by atomic mass is 35.5. The predicted octanol–water partition coefficient (Wildman–Crippen LogP) is 4.05. The summed E-state index contributed by atoms with van der Waals surface area (Å²) in [4.78, 5) is 0. The van der Waals surface area contributed by atoms with E-state index in [-0.39, 0.29) is 36.5 Å². The van der Waals surface area contributed by atoms with Gasteiger partial charge in [-0.2, -0.15) is 0 Å². The van der Waals surface area contributed by atoms with Crippen molar-refractivity contribution in [1.82, 2.24) is 0 Å². The van der Waals surface area contributed by atoms with Gasteiger partial charge in [-0.15, -0.1) is 24.8 Å². The van der Waals surface area contributed by atoms with Crippen molar-refractivity contribution in [1.29, 1.82) is 0 Å². The first-order valence-corrected chi connectivity index (χ1v) is 7.89. The number of rotatable bonds is 4. The minimum Gasteiger partial charge on any atom is -0.409 e. The number of oxime groups is 2. The van der Waals surface area contributed by atoms with Crippen molar-refractivity contribution in [2.45, 2.75) is 0 Å². The zero-order valence-electron chi connectivity index (χ0n) is 14.7. The van der Waals surface area contributed by atoms with Gasteiger partial charge in [0.15, 0.2) is 11.7 Å². The van der Waals surface area contributed by atoms with Crippen LogP contribution in [-0.4, -0.2) is 22.1 Å². The molecule has 0 fully saturated rings. The fourth-order valence-corrected chi connectivity index (χ4v) is 2.71. The molecule has 6 N–H and O–H groups in total. The molecule has 0 aliphatic heterocycles. The number of benzene rings is 3. The van der Waals surface area contributed by atoms with E-state index in [1.54, 1.807) is 12.1 Å². The van der Waals surface area contributed by atoms with Crippen molar-refractivity contribution >= 4 is 36.5 Å². The lowest BCUT2D eigenvalue weighted by Crippen LogP contribution is -2.12. The van der Waals surface area contributed by atoms with Crippen molar-refractivity contribution in [2.75, 3.05) is 0 Å². The van der Waals surface area contributed by atoms with Gasteiger partial charge in [0.1, 0.15) is 0 Å². The molecule has 0 atom stereocenters. The Balaban J connectivity index is 0.00000196. The second kappa shape index (κ2) is 10.2. The van der Waals surface area contributed by atoms with Gasteiger partial charge >= 0.3 is 0 Å². The van der Waals surface area contributed by atoms with Gasteiger partial charge in [-0.25, -0.2) is 0 Å². The maximum atomic E-state index is 8.86. The van der Waals surface area contributed by atoms with Gasteiger partial charge in [0.25, 0.3) is 0 Å². The van der Waals surface area contributed by atoms with Gasteiger partial charge in [0.05, 0.1) is 0 Å². The van der Waals surface area contributed by atoms with Crippen LogP contribution < -0.4 is 11.5 Å². The third-order valence-electron chi connectivity index (χ3n) is 4.06. The molecule has 0 saturated carbocycles. The van der Waals surface area contributed by atoms with Crippen LogP contribution in [-0.2, 0) is 0 Å². The smallest absolute Gasteiger partial charge is 0.170 e. The van der Waals surface area contributed by atoms with Crippen molar-refractivity contribution in [3.05, 3.63) is 83.9 Å². The molecule has 0 radical (unpaired) electrons. The monoisotopic (exact) mass is 418 g/mol. The van der Waals surface area contributed by atoms with Crippen LogP contribution in [0.1, 0.15) is 11.1 Å². The highest BCUT2D eigenvalue weighted by Crippen LogP contribution is 2.27. The van der Waals surface area contributed by atoms with Crippen molar-refractivity contribution in [3.8, 4) is 22.3 Å². The summed E-state index contributed by atoms with van der Waals surface area (Å²) in [5, 5.41) is 23.8. The highest BCUT2D eigenvalue weighted by Gasteiger charge is 2.06. The highest BCUT2D eigenvalue weighted by molar-refractivity contribution is 5.99. The van der Waals surface area contributed by atoms with Crippen LogP contribution in [0.25, 0.3) is 22.3 Å². The van der Waals surface area contributed by atoms with Gasteiger partial charge in [-0.1, -0.05) is 64.9 Å². The van der Waals surface area contributed by atoms with Crippen molar-refractivity contribution in [2.24, 2.45) is 21.8 Å².